The minimum Gasteiger partial charge on any atom is -0.493 e. The Balaban J connectivity index is 1.93. The van der Waals surface area contributed by atoms with Crippen LogP contribution < -0.4 is 19.5 Å². The summed E-state index contributed by atoms with van der Waals surface area (Å²) in [5, 5.41) is 14.0. The summed E-state index contributed by atoms with van der Waals surface area (Å²) < 4.78 is 15.9. The van der Waals surface area contributed by atoms with Crippen molar-refractivity contribution in [2.75, 3.05) is 27.4 Å². The first kappa shape index (κ1) is 22.7. The zero-order valence-electron chi connectivity index (χ0n) is 17.3. The molecule has 8 nitrogen and oxygen atoms in total. The number of methoxy groups -OCH3 is 2. The molecule has 0 saturated heterocycles. The van der Waals surface area contributed by atoms with Gasteiger partial charge in [0, 0.05) is 18.7 Å². The first-order chi connectivity index (χ1) is 14.5. The van der Waals surface area contributed by atoms with E-state index in [-0.39, 0.29) is 17.3 Å². The third-order valence-electron chi connectivity index (χ3n) is 4.23. The van der Waals surface area contributed by atoms with Crippen molar-refractivity contribution in [2.45, 2.75) is 19.8 Å². The molecule has 2 aromatic carbocycles. The second-order valence-corrected chi connectivity index (χ2v) is 6.40. The lowest BCUT2D eigenvalue weighted by molar-refractivity contribution is -0.385. The third-order valence-corrected chi connectivity index (χ3v) is 4.23. The number of hydrogen-bond acceptors (Lipinski definition) is 6. The van der Waals surface area contributed by atoms with Gasteiger partial charge >= 0.3 is 5.69 Å². The van der Waals surface area contributed by atoms with Crippen LogP contribution in [0, 0.1) is 10.1 Å². The van der Waals surface area contributed by atoms with Crippen molar-refractivity contribution in [2.24, 2.45) is 0 Å². The number of ether oxygens (including phenoxy) is 3. The number of carbonyl (C=O) groups excluding carboxylic acids is 1. The van der Waals surface area contributed by atoms with E-state index in [1.54, 1.807) is 26.4 Å². The molecule has 2 rings (SSSR count). The van der Waals surface area contributed by atoms with Crippen LogP contribution in [0.3, 0.4) is 0 Å². The number of nitro benzene ring substituents is 1. The average Bonchev–Trinajstić information content (AvgIpc) is 2.76. The van der Waals surface area contributed by atoms with E-state index in [2.05, 4.69) is 5.32 Å². The fourth-order valence-corrected chi connectivity index (χ4v) is 2.71. The van der Waals surface area contributed by atoms with Crippen molar-refractivity contribution in [3.63, 3.8) is 0 Å². The van der Waals surface area contributed by atoms with Crippen LogP contribution in [0.4, 0.5) is 5.69 Å². The second kappa shape index (κ2) is 11.5. The summed E-state index contributed by atoms with van der Waals surface area (Å²) in [6, 6.07) is 10.2. The molecule has 0 aliphatic rings. The van der Waals surface area contributed by atoms with E-state index >= 15 is 0 Å². The van der Waals surface area contributed by atoms with Gasteiger partial charge in [0.05, 0.1) is 25.7 Å². The highest BCUT2D eigenvalue weighted by Crippen LogP contribution is 2.29. The van der Waals surface area contributed by atoms with Gasteiger partial charge in [-0.3, -0.25) is 14.9 Å². The van der Waals surface area contributed by atoms with Crippen molar-refractivity contribution in [1.29, 1.82) is 0 Å². The highest BCUT2D eigenvalue weighted by atomic mass is 16.6. The van der Waals surface area contributed by atoms with E-state index < -0.39 is 4.92 Å². The Hall–Kier alpha value is -3.55. The number of amides is 1. The largest absolute Gasteiger partial charge is 0.493 e. The van der Waals surface area contributed by atoms with E-state index in [1.807, 2.05) is 25.1 Å². The molecule has 0 aromatic heterocycles. The molecule has 0 radical (unpaired) electrons. The number of nitro groups is 1. The number of rotatable bonds is 11. The van der Waals surface area contributed by atoms with E-state index in [4.69, 9.17) is 14.2 Å². The Labute approximate surface area is 175 Å². The average molecular weight is 414 g/mol. The number of hydrogen-bond donors (Lipinski definition) is 1. The number of benzene rings is 2. The van der Waals surface area contributed by atoms with Crippen molar-refractivity contribution in [1.82, 2.24) is 5.32 Å². The maximum Gasteiger partial charge on any atom is 0.311 e. The number of nitrogens with one attached hydrogen (secondary N) is 1. The van der Waals surface area contributed by atoms with Crippen LogP contribution in [0.5, 0.6) is 17.2 Å². The van der Waals surface area contributed by atoms with Crippen LogP contribution in [0.1, 0.15) is 24.5 Å². The monoisotopic (exact) mass is 414 g/mol. The van der Waals surface area contributed by atoms with Crippen molar-refractivity contribution < 1.29 is 23.9 Å². The summed E-state index contributed by atoms with van der Waals surface area (Å²) in [5.41, 5.74) is 1.41. The minimum atomic E-state index is -0.495. The van der Waals surface area contributed by atoms with Crippen molar-refractivity contribution >= 4 is 17.7 Å². The Kier molecular flexibility index (Phi) is 8.68. The molecule has 8 heteroatoms. The predicted molar refractivity (Wildman–Crippen MR) is 114 cm³/mol. The van der Waals surface area contributed by atoms with E-state index in [9.17, 15) is 14.9 Å². The van der Waals surface area contributed by atoms with Gasteiger partial charge in [0.15, 0.2) is 17.2 Å². The highest BCUT2D eigenvalue weighted by Gasteiger charge is 2.15. The van der Waals surface area contributed by atoms with Gasteiger partial charge in [-0.25, -0.2) is 0 Å². The van der Waals surface area contributed by atoms with E-state index in [1.165, 1.54) is 18.2 Å². The van der Waals surface area contributed by atoms with Gasteiger partial charge in [-0.05, 0) is 48.2 Å². The summed E-state index contributed by atoms with van der Waals surface area (Å²) in [4.78, 5) is 22.8. The maximum absolute atomic E-state index is 12.1. The molecule has 0 aliphatic heterocycles. The predicted octanol–water partition coefficient (Wildman–Crippen LogP) is 3.77. The van der Waals surface area contributed by atoms with E-state index in [0.29, 0.717) is 36.6 Å². The summed E-state index contributed by atoms with van der Waals surface area (Å²) in [7, 11) is 3.14. The lowest BCUT2D eigenvalue weighted by Gasteiger charge is -2.09. The third kappa shape index (κ3) is 6.51. The zero-order valence-corrected chi connectivity index (χ0v) is 17.3. The van der Waals surface area contributed by atoms with Crippen LogP contribution in [0.25, 0.3) is 6.08 Å². The SMILES string of the molecule is CCCOc1ccc(/C=C/C(=O)NCCc2ccc(OC)c(OC)c2)cc1[N+](=O)[O-]. The van der Waals surface area contributed by atoms with Crippen LogP contribution in [-0.4, -0.2) is 38.2 Å². The molecule has 0 heterocycles. The van der Waals surface area contributed by atoms with Crippen LogP contribution >= 0.6 is 0 Å². The Bertz CT molecular complexity index is 910. The first-order valence-corrected chi connectivity index (χ1v) is 9.56. The molecule has 1 N–H and O–H groups in total. The smallest absolute Gasteiger partial charge is 0.311 e. The fourth-order valence-electron chi connectivity index (χ4n) is 2.71. The quantitative estimate of drug-likeness (QED) is 0.341. The van der Waals surface area contributed by atoms with Gasteiger partial charge in [-0.15, -0.1) is 0 Å². The maximum atomic E-state index is 12.1. The molecule has 160 valence electrons. The molecule has 1 amide bonds. The van der Waals surface area contributed by atoms with Crippen LogP contribution in [-0.2, 0) is 11.2 Å². The van der Waals surface area contributed by atoms with Gasteiger partial charge < -0.3 is 19.5 Å². The summed E-state index contributed by atoms with van der Waals surface area (Å²) in [6.45, 7) is 2.76. The van der Waals surface area contributed by atoms with Gasteiger partial charge in [-0.2, -0.15) is 0 Å². The molecule has 0 unspecified atom stereocenters. The van der Waals surface area contributed by atoms with Gasteiger partial charge in [0.25, 0.3) is 0 Å². The number of carbonyl (C=O) groups is 1. The van der Waals surface area contributed by atoms with Gasteiger partial charge in [-0.1, -0.05) is 19.1 Å². The molecule has 0 bridgehead atoms. The van der Waals surface area contributed by atoms with Gasteiger partial charge in [0.1, 0.15) is 0 Å². The molecular formula is C22H26N2O6. The summed E-state index contributed by atoms with van der Waals surface area (Å²) in [6.07, 6.45) is 4.25. The Morgan fingerprint density at radius 3 is 2.50 bits per heavy atom. The Morgan fingerprint density at radius 1 is 1.10 bits per heavy atom. The topological polar surface area (TPSA) is 99.9 Å². The molecule has 0 saturated carbocycles. The lowest BCUT2D eigenvalue weighted by Crippen LogP contribution is -2.23. The zero-order chi connectivity index (χ0) is 21.9. The molecule has 2 aromatic rings. The molecule has 0 aliphatic carbocycles. The molecular weight excluding hydrogens is 388 g/mol. The molecule has 30 heavy (non-hydrogen) atoms. The van der Waals surface area contributed by atoms with E-state index in [0.717, 1.165) is 12.0 Å². The number of nitrogens with zero attached hydrogens (tertiary/aromatic N) is 1. The normalized spacial score (nSPS) is 10.6. The first-order valence-electron chi connectivity index (χ1n) is 9.56. The van der Waals surface area contributed by atoms with Crippen molar-refractivity contribution in [3.05, 3.63) is 63.7 Å². The van der Waals surface area contributed by atoms with Gasteiger partial charge in [0.2, 0.25) is 5.91 Å². The van der Waals surface area contributed by atoms with Crippen molar-refractivity contribution in [3.8, 4) is 17.2 Å². The molecule has 0 atom stereocenters. The van der Waals surface area contributed by atoms with Crippen LogP contribution in [0.15, 0.2) is 42.5 Å². The minimum absolute atomic E-state index is 0.125. The standard InChI is InChI=1S/C22H26N2O6/c1-4-13-30-19-8-5-16(14-18(19)24(26)27)7-10-22(25)23-12-11-17-6-9-20(28-2)21(15-17)29-3/h5-10,14-15H,4,11-13H2,1-3H3,(H,23,25)/b10-7+. The second-order valence-electron chi connectivity index (χ2n) is 6.40. The lowest BCUT2D eigenvalue weighted by atomic mass is 10.1. The summed E-state index contributed by atoms with van der Waals surface area (Å²) in [5.74, 6) is 1.21. The van der Waals surface area contributed by atoms with Crippen LogP contribution in [0.2, 0.25) is 0 Å². The molecule has 0 fully saturated rings. The highest BCUT2D eigenvalue weighted by molar-refractivity contribution is 5.91. The Morgan fingerprint density at radius 2 is 1.83 bits per heavy atom. The molecule has 0 spiro atoms. The summed E-state index contributed by atoms with van der Waals surface area (Å²) >= 11 is 0. The fraction of sp³-hybridized carbons (Fsp3) is 0.318.